The number of rotatable bonds is 3. The maximum absolute atomic E-state index is 13.7. The Labute approximate surface area is 108 Å². The molecule has 2 rings (SSSR count). The number of hydrogen-bond acceptors (Lipinski definition) is 3. The molecule has 1 aromatic carbocycles. The van der Waals surface area contributed by atoms with E-state index in [-0.39, 0.29) is 12.4 Å². The van der Waals surface area contributed by atoms with Crippen LogP contribution >= 0.6 is 0 Å². The lowest BCUT2D eigenvalue weighted by molar-refractivity contribution is 0.249. The van der Waals surface area contributed by atoms with Gasteiger partial charge in [0, 0.05) is 36.9 Å². The highest BCUT2D eigenvalue weighted by molar-refractivity contribution is 5.54. The van der Waals surface area contributed by atoms with Gasteiger partial charge < -0.3 is 15.5 Å². The molecule has 0 atom stereocenters. The Morgan fingerprint density at radius 2 is 2.00 bits per heavy atom. The van der Waals surface area contributed by atoms with Gasteiger partial charge in [-0.25, -0.2) is 4.39 Å². The van der Waals surface area contributed by atoms with Gasteiger partial charge >= 0.3 is 0 Å². The summed E-state index contributed by atoms with van der Waals surface area (Å²) in [6.07, 6.45) is 2.24. The van der Waals surface area contributed by atoms with Crippen molar-refractivity contribution in [1.82, 2.24) is 4.90 Å². The average Bonchev–Trinajstić information content (AvgIpc) is 2.38. The summed E-state index contributed by atoms with van der Waals surface area (Å²) in [5.74, 6) is -0.190. The first kappa shape index (κ1) is 13.3. The second kappa shape index (κ2) is 5.67. The molecule has 0 saturated carbocycles. The van der Waals surface area contributed by atoms with E-state index in [0.717, 1.165) is 31.6 Å². The molecule has 0 unspecified atom stereocenters. The third kappa shape index (κ3) is 2.65. The molecule has 0 amide bonds. The first-order valence-electron chi connectivity index (χ1n) is 6.52. The van der Waals surface area contributed by atoms with Crippen LogP contribution in [-0.4, -0.2) is 38.1 Å². The number of anilines is 1. The Kier molecular flexibility index (Phi) is 4.19. The summed E-state index contributed by atoms with van der Waals surface area (Å²) >= 11 is 0. The van der Waals surface area contributed by atoms with Crippen molar-refractivity contribution < 1.29 is 4.39 Å². The maximum atomic E-state index is 13.7. The van der Waals surface area contributed by atoms with Crippen LogP contribution in [0.4, 0.5) is 10.1 Å². The van der Waals surface area contributed by atoms with Crippen molar-refractivity contribution in [1.29, 1.82) is 0 Å². The summed E-state index contributed by atoms with van der Waals surface area (Å²) in [5, 5.41) is 0. The molecule has 1 aliphatic rings. The van der Waals surface area contributed by atoms with E-state index in [1.165, 1.54) is 6.07 Å². The zero-order valence-corrected chi connectivity index (χ0v) is 11.2. The van der Waals surface area contributed by atoms with Gasteiger partial charge in [-0.1, -0.05) is 6.07 Å². The van der Waals surface area contributed by atoms with Crippen LogP contribution in [0.15, 0.2) is 18.2 Å². The summed E-state index contributed by atoms with van der Waals surface area (Å²) < 4.78 is 13.7. The zero-order valence-electron chi connectivity index (χ0n) is 11.2. The Morgan fingerprint density at radius 3 is 2.56 bits per heavy atom. The van der Waals surface area contributed by atoms with Crippen LogP contribution in [0.1, 0.15) is 18.4 Å². The van der Waals surface area contributed by atoms with E-state index in [1.807, 2.05) is 6.07 Å². The molecular weight excluding hydrogens is 229 g/mol. The van der Waals surface area contributed by atoms with Crippen LogP contribution in [0, 0.1) is 5.82 Å². The average molecular weight is 251 g/mol. The molecule has 0 spiro atoms. The van der Waals surface area contributed by atoms with E-state index in [9.17, 15) is 4.39 Å². The van der Waals surface area contributed by atoms with E-state index in [0.29, 0.717) is 11.6 Å². The number of halogens is 1. The first-order valence-corrected chi connectivity index (χ1v) is 6.52. The second-order valence-electron chi connectivity index (χ2n) is 5.12. The molecule has 100 valence electrons. The zero-order chi connectivity index (χ0) is 13.1. The van der Waals surface area contributed by atoms with Crippen molar-refractivity contribution in [3.63, 3.8) is 0 Å². The SMILES string of the molecule is CN(C)C1CCN(c2cccc(F)c2CN)CC1. The summed E-state index contributed by atoms with van der Waals surface area (Å²) in [4.78, 5) is 4.53. The van der Waals surface area contributed by atoms with E-state index in [1.54, 1.807) is 6.07 Å². The quantitative estimate of drug-likeness (QED) is 0.889. The third-order valence-electron chi connectivity index (χ3n) is 3.83. The minimum atomic E-state index is -0.190. The highest BCUT2D eigenvalue weighted by atomic mass is 19.1. The van der Waals surface area contributed by atoms with Crippen LogP contribution in [0.25, 0.3) is 0 Å². The number of hydrogen-bond donors (Lipinski definition) is 1. The highest BCUT2D eigenvalue weighted by Gasteiger charge is 2.22. The molecule has 0 aromatic heterocycles. The van der Waals surface area contributed by atoms with Crippen molar-refractivity contribution >= 4 is 5.69 Å². The molecule has 1 aliphatic heterocycles. The van der Waals surface area contributed by atoms with Crippen molar-refractivity contribution in [3.05, 3.63) is 29.6 Å². The van der Waals surface area contributed by atoms with Gasteiger partial charge in [0.05, 0.1) is 0 Å². The first-order chi connectivity index (χ1) is 8.63. The molecule has 0 aliphatic carbocycles. The van der Waals surface area contributed by atoms with Crippen LogP contribution in [0.2, 0.25) is 0 Å². The van der Waals surface area contributed by atoms with Gasteiger partial charge in [-0.3, -0.25) is 0 Å². The normalized spacial score (nSPS) is 17.5. The molecule has 18 heavy (non-hydrogen) atoms. The summed E-state index contributed by atoms with van der Waals surface area (Å²) in [6, 6.07) is 5.86. The summed E-state index contributed by atoms with van der Waals surface area (Å²) in [6.45, 7) is 2.20. The van der Waals surface area contributed by atoms with E-state index in [2.05, 4.69) is 23.9 Å². The number of nitrogens with two attached hydrogens (primary N) is 1. The van der Waals surface area contributed by atoms with Gasteiger partial charge in [0.1, 0.15) is 5.82 Å². The monoisotopic (exact) mass is 251 g/mol. The van der Waals surface area contributed by atoms with Gasteiger partial charge in [0.15, 0.2) is 0 Å². The molecule has 1 aromatic rings. The Bertz CT molecular complexity index is 398. The predicted molar refractivity (Wildman–Crippen MR) is 73.2 cm³/mol. The van der Waals surface area contributed by atoms with Gasteiger partial charge in [-0.05, 0) is 39.1 Å². The fourth-order valence-corrected chi connectivity index (χ4v) is 2.67. The number of nitrogens with zero attached hydrogens (tertiary/aromatic N) is 2. The Hall–Kier alpha value is -1.13. The lowest BCUT2D eigenvalue weighted by Gasteiger charge is -2.37. The van der Waals surface area contributed by atoms with Crippen LogP contribution in [0.3, 0.4) is 0 Å². The standard InChI is InChI=1S/C14H22FN3/c1-17(2)11-6-8-18(9-7-11)14-5-3-4-13(15)12(14)10-16/h3-5,11H,6-10,16H2,1-2H3. The molecule has 2 N–H and O–H groups in total. The Balaban J connectivity index is 2.12. The molecule has 4 heteroatoms. The smallest absolute Gasteiger partial charge is 0.129 e. The molecular formula is C14H22FN3. The van der Waals surface area contributed by atoms with E-state index in [4.69, 9.17) is 5.73 Å². The van der Waals surface area contributed by atoms with Crippen LogP contribution < -0.4 is 10.6 Å². The van der Waals surface area contributed by atoms with Crippen molar-refractivity contribution in [2.24, 2.45) is 5.73 Å². The summed E-state index contributed by atoms with van der Waals surface area (Å²) in [5.41, 5.74) is 7.27. The molecule has 0 radical (unpaired) electrons. The van der Waals surface area contributed by atoms with E-state index >= 15 is 0 Å². The fraction of sp³-hybridized carbons (Fsp3) is 0.571. The predicted octanol–water partition coefficient (Wildman–Crippen LogP) is 1.81. The highest BCUT2D eigenvalue weighted by Crippen LogP contribution is 2.26. The third-order valence-corrected chi connectivity index (χ3v) is 3.83. The van der Waals surface area contributed by atoms with Crippen molar-refractivity contribution in [2.45, 2.75) is 25.4 Å². The maximum Gasteiger partial charge on any atom is 0.129 e. The number of piperidine rings is 1. The molecule has 1 saturated heterocycles. The molecule has 3 nitrogen and oxygen atoms in total. The minimum Gasteiger partial charge on any atom is -0.371 e. The Morgan fingerprint density at radius 1 is 1.33 bits per heavy atom. The lowest BCUT2D eigenvalue weighted by Crippen LogP contribution is -2.42. The van der Waals surface area contributed by atoms with Crippen LogP contribution in [-0.2, 0) is 6.54 Å². The van der Waals surface area contributed by atoms with Gasteiger partial charge in [-0.2, -0.15) is 0 Å². The molecule has 1 heterocycles. The fourth-order valence-electron chi connectivity index (χ4n) is 2.67. The second-order valence-corrected chi connectivity index (χ2v) is 5.12. The van der Waals surface area contributed by atoms with Crippen molar-refractivity contribution in [3.8, 4) is 0 Å². The molecule has 0 bridgehead atoms. The largest absolute Gasteiger partial charge is 0.371 e. The summed E-state index contributed by atoms with van der Waals surface area (Å²) in [7, 11) is 4.24. The minimum absolute atomic E-state index is 0.190. The van der Waals surface area contributed by atoms with Gasteiger partial charge in [0.25, 0.3) is 0 Å². The van der Waals surface area contributed by atoms with Gasteiger partial charge in [-0.15, -0.1) is 0 Å². The van der Waals surface area contributed by atoms with E-state index < -0.39 is 0 Å². The number of benzene rings is 1. The van der Waals surface area contributed by atoms with Gasteiger partial charge in [0.2, 0.25) is 0 Å². The van der Waals surface area contributed by atoms with Crippen molar-refractivity contribution in [2.75, 3.05) is 32.1 Å². The van der Waals surface area contributed by atoms with Crippen LogP contribution in [0.5, 0.6) is 0 Å². The molecule has 1 fully saturated rings. The lowest BCUT2D eigenvalue weighted by atomic mass is 10.0. The topological polar surface area (TPSA) is 32.5 Å².